The highest BCUT2D eigenvalue weighted by molar-refractivity contribution is 5.75. The van der Waals surface area contributed by atoms with Crippen molar-refractivity contribution in [3.05, 3.63) is 0 Å². The predicted octanol–water partition coefficient (Wildman–Crippen LogP) is 1.40. The first-order valence-electron chi connectivity index (χ1n) is 7.28. The monoisotopic (exact) mass is 254 g/mol. The van der Waals surface area contributed by atoms with Crippen LogP contribution < -0.4 is 5.32 Å². The summed E-state index contributed by atoms with van der Waals surface area (Å²) in [6.07, 6.45) is 5.06. The third kappa shape index (κ3) is 3.04. The van der Waals surface area contributed by atoms with E-state index in [1.54, 1.807) is 0 Å². The summed E-state index contributed by atoms with van der Waals surface area (Å²) >= 11 is 0. The van der Waals surface area contributed by atoms with Crippen molar-refractivity contribution < 1.29 is 9.53 Å². The lowest BCUT2D eigenvalue weighted by Crippen LogP contribution is -2.54. The van der Waals surface area contributed by atoms with Crippen LogP contribution in [0, 0.1) is 5.41 Å². The number of nitrogens with zero attached hydrogens (tertiary/aromatic N) is 1. The maximum absolute atomic E-state index is 11.8. The number of ether oxygens (including phenoxy) is 1. The van der Waals surface area contributed by atoms with Crippen LogP contribution >= 0.6 is 0 Å². The molecule has 0 amide bonds. The fourth-order valence-electron chi connectivity index (χ4n) is 3.37. The van der Waals surface area contributed by atoms with Crippen LogP contribution in [-0.4, -0.2) is 49.7 Å². The Hall–Kier alpha value is -0.610. The number of nitrogens with one attached hydrogen (secondary N) is 1. The second kappa shape index (κ2) is 6.02. The summed E-state index contributed by atoms with van der Waals surface area (Å²) < 4.78 is 5.14. The Labute approximate surface area is 110 Å². The molecule has 2 saturated heterocycles. The second-order valence-corrected chi connectivity index (χ2v) is 5.78. The van der Waals surface area contributed by atoms with Gasteiger partial charge >= 0.3 is 5.97 Å². The van der Waals surface area contributed by atoms with Crippen LogP contribution in [0.15, 0.2) is 0 Å². The molecule has 18 heavy (non-hydrogen) atoms. The third-order valence-electron chi connectivity index (χ3n) is 4.43. The molecule has 0 aromatic carbocycles. The number of esters is 1. The van der Waals surface area contributed by atoms with E-state index in [0.29, 0.717) is 12.0 Å². The van der Waals surface area contributed by atoms with Crippen LogP contribution in [0.3, 0.4) is 0 Å². The highest BCUT2D eigenvalue weighted by Gasteiger charge is 2.39. The first kappa shape index (κ1) is 13.8. The molecule has 104 valence electrons. The van der Waals surface area contributed by atoms with E-state index in [1.807, 2.05) is 13.8 Å². The summed E-state index contributed by atoms with van der Waals surface area (Å²) in [5.74, 6) is -0.0710. The van der Waals surface area contributed by atoms with E-state index < -0.39 is 0 Å². The quantitative estimate of drug-likeness (QED) is 0.773. The highest BCUT2D eigenvalue weighted by atomic mass is 16.5. The minimum absolute atomic E-state index is 0.0710. The molecule has 2 aliphatic rings. The van der Waals surface area contributed by atoms with E-state index in [0.717, 1.165) is 26.2 Å². The zero-order valence-electron chi connectivity index (χ0n) is 11.7. The number of hydrogen-bond donors (Lipinski definition) is 1. The second-order valence-electron chi connectivity index (χ2n) is 5.78. The number of hydrogen-bond acceptors (Lipinski definition) is 4. The molecule has 0 aromatic rings. The number of piperidine rings is 2. The van der Waals surface area contributed by atoms with Crippen LogP contribution in [0.2, 0.25) is 0 Å². The Morgan fingerprint density at radius 1 is 1.44 bits per heavy atom. The third-order valence-corrected chi connectivity index (χ3v) is 4.43. The molecule has 2 unspecified atom stereocenters. The molecule has 0 radical (unpaired) electrons. The van der Waals surface area contributed by atoms with Crippen molar-refractivity contribution in [1.82, 2.24) is 10.2 Å². The summed E-state index contributed by atoms with van der Waals surface area (Å²) in [5.41, 5.74) is 0.400. The van der Waals surface area contributed by atoms with E-state index in [4.69, 9.17) is 4.74 Å². The molecule has 2 fully saturated rings. The van der Waals surface area contributed by atoms with Gasteiger partial charge in [-0.25, -0.2) is 0 Å². The molecule has 2 rings (SSSR count). The Morgan fingerprint density at radius 3 is 2.89 bits per heavy atom. The van der Waals surface area contributed by atoms with Gasteiger partial charge in [0.1, 0.15) is 6.04 Å². The van der Waals surface area contributed by atoms with Crippen LogP contribution in [0.1, 0.15) is 39.5 Å². The largest absolute Gasteiger partial charge is 0.465 e. The predicted molar refractivity (Wildman–Crippen MR) is 71.4 cm³/mol. The van der Waals surface area contributed by atoms with Crippen LogP contribution in [0.4, 0.5) is 0 Å². The van der Waals surface area contributed by atoms with Crippen LogP contribution in [0.5, 0.6) is 0 Å². The molecule has 2 aliphatic heterocycles. The summed E-state index contributed by atoms with van der Waals surface area (Å²) in [5, 5.41) is 3.52. The molecule has 4 heteroatoms. The molecular formula is C14H26N2O2. The van der Waals surface area contributed by atoms with Gasteiger partial charge in [-0.05, 0) is 58.0 Å². The first-order valence-corrected chi connectivity index (χ1v) is 7.28. The zero-order valence-corrected chi connectivity index (χ0v) is 11.7. The highest BCUT2D eigenvalue weighted by Crippen LogP contribution is 2.36. The minimum atomic E-state index is -0.0935. The zero-order chi connectivity index (χ0) is 13.0. The van der Waals surface area contributed by atoms with Crippen molar-refractivity contribution in [2.24, 2.45) is 5.41 Å². The van der Waals surface area contributed by atoms with E-state index >= 15 is 0 Å². The van der Waals surface area contributed by atoms with Gasteiger partial charge in [0, 0.05) is 13.1 Å². The van der Waals surface area contributed by atoms with Gasteiger partial charge in [-0.2, -0.15) is 0 Å². The van der Waals surface area contributed by atoms with Gasteiger partial charge in [0.2, 0.25) is 0 Å². The summed E-state index contributed by atoms with van der Waals surface area (Å²) in [6.45, 7) is 8.65. The van der Waals surface area contributed by atoms with Crippen LogP contribution in [0.25, 0.3) is 0 Å². The number of rotatable bonds is 3. The molecule has 2 atom stereocenters. The molecule has 0 aromatic heterocycles. The molecule has 1 spiro atoms. The normalized spacial score (nSPS) is 31.2. The summed E-state index contributed by atoms with van der Waals surface area (Å²) in [7, 11) is 0. The molecule has 4 nitrogen and oxygen atoms in total. The molecule has 1 N–H and O–H groups in total. The molecular weight excluding hydrogens is 228 g/mol. The van der Waals surface area contributed by atoms with Crippen molar-refractivity contribution in [3.8, 4) is 0 Å². The summed E-state index contributed by atoms with van der Waals surface area (Å²) in [4.78, 5) is 14.1. The lowest BCUT2D eigenvalue weighted by molar-refractivity contribution is -0.150. The smallest absolute Gasteiger partial charge is 0.323 e. The number of carbonyl (C=O) groups excluding carboxylic acids is 1. The molecule has 0 saturated carbocycles. The maximum atomic E-state index is 11.8. The van der Waals surface area contributed by atoms with E-state index in [-0.39, 0.29) is 12.0 Å². The maximum Gasteiger partial charge on any atom is 0.323 e. The van der Waals surface area contributed by atoms with Gasteiger partial charge in [0.25, 0.3) is 0 Å². The Balaban J connectivity index is 1.95. The van der Waals surface area contributed by atoms with Gasteiger partial charge in [0.05, 0.1) is 6.61 Å². The molecule has 0 aliphatic carbocycles. The van der Waals surface area contributed by atoms with Crippen LogP contribution in [-0.2, 0) is 9.53 Å². The van der Waals surface area contributed by atoms with E-state index in [1.165, 1.54) is 25.7 Å². The van der Waals surface area contributed by atoms with Gasteiger partial charge in [-0.15, -0.1) is 0 Å². The average molecular weight is 254 g/mol. The fraction of sp³-hybridized carbons (Fsp3) is 0.929. The fourth-order valence-corrected chi connectivity index (χ4v) is 3.37. The van der Waals surface area contributed by atoms with Crippen molar-refractivity contribution in [2.45, 2.75) is 45.6 Å². The number of likely N-dealkylation sites (tertiary alicyclic amines) is 1. The van der Waals surface area contributed by atoms with Gasteiger partial charge in [0.15, 0.2) is 0 Å². The Bertz CT molecular complexity index is 282. The SMILES string of the molecule is CCOC(=O)C(C)N1CCCC2(CCCNC2)C1. The topological polar surface area (TPSA) is 41.6 Å². The first-order chi connectivity index (χ1) is 8.67. The van der Waals surface area contributed by atoms with Gasteiger partial charge in [-0.1, -0.05) is 0 Å². The van der Waals surface area contributed by atoms with Crippen molar-refractivity contribution in [2.75, 3.05) is 32.8 Å². The lowest BCUT2D eigenvalue weighted by Gasteiger charge is -2.46. The van der Waals surface area contributed by atoms with Crippen molar-refractivity contribution in [3.63, 3.8) is 0 Å². The van der Waals surface area contributed by atoms with Gasteiger partial charge < -0.3 is 10.1 Å². The Morgan fingerprint density at radius 2 is 2.22 bits per heavy atom. The van der Waals surface area contributed by atoms with Crippen molar-refractivity contribution in [1.29, 1.82) is 0 Å². The minimum Gasteiger partial charge on any atom is -0.465 e. The van der Waals surface area contributed by atoms with Gasteiger partial charge in [-0.3, -0.25) is 9.69 Å². The van der Waals surface area contributed by atoms with Crippen molar-refractivity contribution >= 4 is 5.97 Å². The van der Waals surface area contributed by atoms with E-state index in [2.05, 4.69) is 10.2 Å². The summed E-state index contributed by atoms with van der Waals surface area (Å²) in [6, 6.07) is -0.0935. The lowest BCUT2D eigenvalue weighted by atomic mass is 9.74. The standard InChI is InChI=1S/C14H26N2O2/c1-3-18-13(17)12(2)16-9-5-7-14(11-16)6-4-8-15-10-14/h12,15H,3-11H2,1-2H3. The number of carbonyl (C=O) groups is 1. The molecule has 0 bridgehead atoms. The average Bonchev–Trinajstić information content (AvgIpc) is 2.39. The Kier molecular flexibility index (Phi) is 4.62. The molecule has 2 heterocycles. The van der Waals surface area contributed by atoms with E-state index in [9.17, 15) is 4.79 Å².